The fraction of sp³-hybridized carbons (Fsp3) is 0.625. The van der Waals surface area contributed by atoms with E-state index in [1.807, 2.05) is 18.2 Å². The zero-order valence-corrected chi connectivity index (χ0v) is 13.8. The van der Waals surface area contributed by atoms with Crippen molar-refractivity contribution >= 4 is 11.8 Å². The number of benzene rings is 1. The van der Waals surface area contributed by atoms with Crippen LogP contribution in [-0.2, 0) is 0 Å². The molecule has 3 N–H and O–H groups in total. The van der Waals surface area contributed by atoms with Crippen molar-refractivity contribution in [2.45, 2.75) is 32.7 Å². The Morgan fingerprint density at radius 2 is 1.81 bits per heavy atom. The molecule has 0 aliphatic rings. The number of rotatable bonds is 11. The zero-order valence-electron chi connectivity index (χ0n) is 13.0. The SMILES string of the molecule is CCCOc1ccc(C(N)CSCCO)cc1OCCC. The maximum absolute atomic E-state index is 8.81. The molecule has 4 nitrogen and oxygen atoms in total. The van der Waals surface area contributed by atoms with Crippen LogP contribution in [0.4, 0.5) is 0 Å². The van der Waals surface area contributed by atoms with Gasteiger partial charge in [0.05, 0.1) is 19.8 Å². The molecular weight excluding hydrogens is 286 g/mol. The topological polar surface area (TPSA) is 64.7 Å². The van der Waals surface area contributed by atoms with Crippen LogP contribution in [0.3, 0.4) is 0 Å². The van der Waals surface area contributed by atoms with Crippen molar-refractivity contribution in [3.8, 4) is 11.5 Å². The average molecular weight is 313 g/mol. The minimum absolute atomic E-state index is 0.0641. The van der Waals surface area contributed by atoms with Crippen LogP contribution in [0.5, 0.6) is 11.5 Å². The normalized spacial score (nSPS) is 12.2. The first-order valence-corrected chi connectivity index (χ1v) is 8.72. The minimum Gasteiger partial charge on any atom is -0.490 e. The summed E-state index contributed by atoms with van der Waals surface area (Å²) in [7, 11) is 0. The van der Waals surface area contributed by atoms with Crippen molar-refractivity contribution in [2.75, 3.05) is 31.3 Å². The van der Waals surface area contributed by atoms with Gasteiger partial charge in [-0.3, -0.25) is 0 Å². The summed E-state index contributed by atoms with van der Waals surface area (Å²) < 4.78 is 11.5. The summed E-state index contributed by atoms with van der Waals surface area (Å²) in [6, 6.07) is 5.84. The van der Waals surface area contributed by atoms with Crippen molar-refractivity contribution in [1.29, 1.82) is 0 Å². The summed E-state index contributed by atoms with van der Waals surface area (Å²) in [6.07, 6.45) is 1.92. The van der Waals surface area contributed by atoms with E-state index in [9.17, 15) is 0 Å². The zero-order chi connectivity index (χ0) is 15.5. The molecule has 0 saturated carbocycles. The van der Waals surface area contributed by atoms with E-state index >= 15 is 0 Å². The highest BCUT2D eigenvalue weighted by molar-refractivity contribution is 7.99. The van der Waals surface area contributed by atoms with Crippen LogP contribution >= 0.6 is 11.8 Å². The molecule has 1 aromatic carbocycles. The van der Waals surface area contributed by atoms with Crippen LogP contribution in [0, 0.1) is 0 Å². The van der Waals surface area contributed by atoms with Crippen molar-refractivity contribution in [3.63, 3.8) is 0 Å². The summed E-state index contributed by atoms with van der Waals surface area (Å²) in [6.45, 7) is 5.69. The number of hydrogen-bond donors (Lipinski definition) is 2. The van der Waals surface area contributed by atoms with Gasteiger partial charge in [0, 0.05) is 17.5 Å². The van der Waals surface area contributed by atoms with Crippen molar-refractivity contribution in [2.24, 2.45) is 5.73 Å². The van der Waals surface area contributed by atoms with E-state index in [1.54, 1.807) is 11.8 Å². The Hall–Kier alpha value is -0.910. The number of ether oxygens (including phenoxy) is 2. The molecule has 5 heteroatoms. The maximum atomic E-state index is 8.81. The van der Waals surface area contributed by atoms with Gasteiger partial charge in [0.2, 0.25) is 0 Å². The number of hydrogen-bond acceptors (Lipinski definition) is 5. The lowest BCUT2D eigenvalue weighted by Gasteiger charge is -2.16. The molecular formula is C16H27NO3S. The maximum Gasteiger partial charge on any atom is 0.161 e. The van der Waals surface area contributed by atoms with E-state index in [0.717, 1.165) is 35.7 Å². The number of thioether (sulfide) groups is 1. The second kappa shape index (κ2) is 10.8. The predicted octanol–water partition coefficient (Wildman–Crippen LogP) is 2.99. The third-order valence-electron chi connectivity index (χ3n) is 2.85. The van der Waals surface area contributed by atoms with E-state index < -0.39 is 0 Å². The summed E-state index contributed by atoms with van der Waals surface area (Å²) in [5, 5.41) is 8.81. The van der Waals surface area contributed by atoms with E-state index in [-0.39, 0.29) is 12.6 Å². The quantitative estimate of drug-likeness (QED) is 0.615. The van der Waals surface area contributed by atoms with Gasteiger partial charge in [-0.1, -0.05) is 19.9 Å². The molecule has 0 saturated heterocycles. The molecule has 1 atom stereocenters. The van der Waals surface area contributed by atoms with Gasteiger partial charge >= 0.3 is 0 Å². The molecule has 0 fully saturated rings. The fourth-order valence-electron chi connectivity index (χ4n) is 1.78. The molecule has 0 spiro atoms. The van der Waals surface area contributed by atoms with Crippen LogP contribution in [-0.4, -0.2) is 36.4 Å². The van der Waals surface area contributed by atoms with E-state index in [4.69, 9.17) is 20.3 Å². The molecule has 1 unspecified atom stereocenters. The van der Waals surface area contributed by atoms with Crippen LogP contribution in [0.25, 0.3) is 0 Å². The van der Waals surface area contributed by atoms with Gasteiger partial charge < -0.3 is 20.3 Å². The Kier molecular flexibility index (Phi) is 9.30. The van der Waals surface area contributed by atoms with Crippen molar-refractivity contribution in [1.82, 2.24) is 0 Å². The Labute approximate surface area is 132 Å². The lowest BCUT2D eigenvalue weighted by atomic mass is 10.1. The molecule has 21 heavy (non-hydrogen) atoms. The molecule has 0 aromatic heterocycles. The smallest absolute Gasteiger partial charge is 0.161 e. The molecule has 0 heterocycles. The Morgan fingerprint density at radius 3 is 2.43 bits per heavy atom. The van der Waals surface area contributed by atoms with Crippen molar-refractivity contribution < 1.29 is 14.6 Å². The summed E-state index contributed by atoms with van der Waals surface area (Å²) in [4.78, 5) is 0. The highest BCUT2D eigenvalue weighted by atomic mass is 32.2. The van der Waals surface area contributed by atoms with Crippen LogP contribution in [0.2, 0.25) is 0 Å². The first-order chi connectivity index (χ1) is 10.2. The predicted molar refractivity (Wildman–Crippen MR) is 89.4 cm³/mol. The largest absolute Gasteiger partial charge is 0.490 e. The molecule has 0 radical (unpaired) electrons. The third-order valence-corrected chi connectivity index (χ3v) is 3.92. The Balaban J connectivity index is 2.76. The number of nitrogens with two attached hydrogens (primary N) is 1. The number of aliphatic hydroxyl groups excluding tert-OH is 1. The lowest BCUT2D eigenvalue weighted by Crippen LogP contribution is -2.14. The second-order valence-corrected chi connectivity index (χ2v) is 5.96. The van der Waals surface area contributed by atoms with E-state index in [2.05, 4.69) is 13.8 Å². The van der Waals surface area contributed by atoms with Gasteiger partial charge in [-0.05, 0) is 30.5 Å². The van der Waals surface area contributed by atoms with Gasteiger partial charge in [-0.2, -0.15) is 11.8 Å². The standard InChI is InChI=1S/C16H27NO3S/c1-3-8-19-15-6-5-13(11-16(15)20-9-4-2)14(17)12-21-10-7-18/h5-6,11,14,18H,3-4,7-10,12,17H2,1-2H3. The van der Waals surface area contributed by atoms with E-state index in [0.29, 0.717) is 19.0 Å². The highest BCUT2D eigenvalue weighted by Crippen LogP contribution is 2.31. The molecule has 0 aliphatic heterocycles. The van der Waals surface area contributed by atoms with E-state index in [1.165, 1.54) is 0 Å². The third kappa shape index (κ3) is 6.59. The van der Waals surface area contributed by atoms with Gasteiger partial charge in [0.25, 0.3) is 0 Å². The van der Waals surface area contributed by atoms with Gasteiger partial charge in [-0.15, -0.1) is 0 Å². The fourth-order valence-corrected chi connectivity index (χ4v) is 2.52. The van der Waals surface area contributed by atoms with Crippen LogP contribution in [0.1, 0.15) is 38.3 Å². The summed E-state index contributed by atoms with van der Waals surface area (Å²) >= 11 is 1.65. The molecule has 0 amide bonds. The first-order valence-electron chi connectivity index (χ1n) is 7.56. The average Bonchev–Trinajstić information content (AvgIpc) is 2.51. The van der Waals surface area contributed by atoms with Gasteiger partial charge in [0.15, 0.2) is 11.5 Å². The minimum atomic E-state index is -0.0641. The van der Waals surface area contributed by atoms with Gasteiger partial charge in [-0.25, -0.2) is 0 Å². The summed E-state index contributed by atoms with van der Waals surface area (Å²) in [5.41, 5.74) is 7.22. The highest BCUT2D eigenvalue weighted by Gasteiger charge is 2.11. The molecule has 1 rings (SSSR count). The van der Waals surface area contributed by atoms with Gasteiger partial charge in [0.1, 0.15) is 0 Å². The molecule has 0 bridgehead atoms. The molecule has 0 aliphatic carbocycles. The summed E-state index contributed by atoms with van der Waals surface area (Å²) in [5.74, 6) is 3.04. The number of aliphatic hydroxyl groups is 1. The van der Waals surface area contributed by atoms with Crippen LogP contribution < -0.4 is 15.2 Å². The van der Waals surface area contributed by atoms with Crippen molar-refractivity contribution in [3.05, 3.63) is 23.8 Å². The van der Waals surface area contributed by atoms with Crippen LogP contribution in [0.15, 0.2) is 18.2 Å². The Bertz CT molecular complexity index is 401. The first kappa shape index (κ1) is 18.1. The second-order valence-electron chi connectivity index (χ2n) is 4.81. The monoisotopic (exact) mass is 313 g/mol. The Morgan fingerprint density at radius 1 is 1.14 bits per heavy atom. The molecule has 1 aromatic rings. The molecule has 120 valence electrons. The lowest BCUT2D eigenvalue weighted by molar-refractivity contribution is 0.268.